The number of hydrogen-bond donors (Lipinski definition) is 2. The van der Waals surface area contributed by atoms with Gasteiger partial charge in [-0.3, -0.25) is 4.79 Å². The molecular weight excluding hydrogens is 332 g/mol. The van der Waals surface area contributed by atoms with E-state index in [9.17, 15) is 13.6 Å². The summed E-state index contributed by atoms with van der Waals surface area (Å²) in [6.45, 7) is -0.0599. The van der Waals surface area contributed by atoms with Crippen molar-refractivity contribution in [3.8, 4) is 11.5 Å². The fourth-order valence-corrected chi connectivity index (χ4v) is 2.10. The number of rotatable bonds is 5. The molecule has 7 nitrogen and oxygen atoms in total. The Morgan fingerprint density at radius 1 is 1.24 bits per heavy atom. The molecule has 0 unspecified atom stereocenters. The molecule has 2 heterocycles. The summed E-state index contributed by atoms with van der Waals surface area (Å²) in [4.78, 5) is 20.0. The van der Waals surface area contributed by atoms with Gasteiger partial charge in [-0.05, 0) is 24.3 Å². The van der Waals surface area contributed by atoms with Crippen LogP contribution in [0.2, 0.25) is 0 Å². The van der Waals surface area contributed by atoms with Crippen LogP contribution in [0.25, 0.3) is 11.5 Å². The van der Waals surface area contributed by atoms with Crippen molar-refractivity contribution in [1.29, 1.82) is 0 Å². The summed E-state index contributed by atoms with van der Waals surface area (Å²) in [5.41, 5.74) is -0.0106. The van der Waals surface area contributed by atoms with E-state index in [-0.39, 0.29) is 24.2 Å². The number of carbonyl (C=O) groups is 1. The van der Waals surface area contributed by atoms with E-state index in [0.29, 0.717) is 11.4 Å². The number of aromatic nitrogens is 3. The molecule has 0 saturated carbocycles. The molecule has 2 N–H and O–H groups in total. The molecule has 25 heavy (non-hydrogen) atoms. The summed E-state index contributed by atoms with van der Waals surface area (Å²) in [7, 11) is 1.69. The summed E-state index contributed by atoms with van der Waals surface area (Å²) in [6, 6.07) is 6.54. The molecule has 0 fully saturated rings. The van der Waals surface area contributed by atoms with Crippen LogP contribution in [0.1, 0.15) is 16.2 Å². The van der Waals surface area contributed by atoms with Crippen LogP contribution in [-0.4, -0.2) is 28.1 Å². The fourth-order valence-electron chi connectivity index (χ4n) is 2.10. The molecule has 9 heteroatoms. The summed E-state index contributed by atoms with van der Waals surface area (Å²) in [5, 5.41) is 9.04. The Balaban J connectivity index is 1.70. The molecule has 0 saturated heterocycles. The highest BCUT2D eigenvalue weighted by Crippen LogP contribution is 2.24. The minimum absolute atomic E-state index is 0.0599. The fraction of sp³-hybridized carbons (Fsp3) is 0.125. The van der Waals surface area contributed by atoms with Crippen molar-refractivity contribution in [2.24, 2.45) is 0 Å². The Bertz CT molecular complexity index is 893. The minimum atomic E-state index is -0.810. The van der Waals surface area contributed by atoms with Crippen molar-refractivity contribution in [2.45, 2.75) is 6.54 Å². The summed E-state index contributed by atoms with van der Waals surface area (Å²) < 4.78 is 32.3. The standard InChI is InChI=1S/C16H13F2N5O2/c1-19-12-7-9(5-6-20-12)15(24)21-8-13-22-16(25-23-13)14-10(17)3-2-4-11(14)18/h2-7H,8H2,1H3,(H,19,20)(H,21,24). The van der Waals surface area contributed by atoms with E-state index in [0.717, 1.165) is 12.1 Å². The van der Waals surface area contributed by atoms with Gasteiger partial charge in [0.25, 0.3) is 11.8 Å². The number of pyridine rings is 1. The van der Waals surface area contributed by atoms with Crippen LogP contribution in [0.15, 0.2) is 41.1 Å². The molecule has 3 rings (SSSR count). The van der Waals surface area contributed by atoms with Gasteiger partial charge in [0.2, 0.25) is 0 Å². The lowest BCUT2D eigenvalue weighted by molar-refractivity contribution is 0.0949. The lowest BCUT2D eigenvalue weighted by Crippen LogP contribution is -2.23. The van der Waals surface area contributed by atoms with Crippen LogP contribution >= 0.6 is 0 Å². The number of carbonyl (C=O) groups excluding carboxylic acids is 1. The number of nitrogens with zero attached hydrogens (tertiary/aromatic N) is 3. The van der Waals surface area contributed by atoms with Gasteiger partial charge in [0, 0.05) is 18.8 Å². The summed E-state index contributed by atoms with van der Waals surface area (Å²) in [5.74, 6) is -1.65. The van der Waals surface area contributed by atoms with Crippen molar-refractivity contribution in [3.05, 3.63) is 59.6 Å². The molecule has 0 aliphatic rings. The number of nitrogens with one attached hydrogen (secondary N) is 2. The predicted octanol–water partition coefficient (Wildman–Crippen LogP) is 2.38. The monoisotopic (exact) mass is 345 g/mol. The first-order valence-electron chi connectivity index (χ1n) is 7.27. The third-order valence-corrected chi connectivity index (χ3v) is 3.33. The van der Waals surface area contributed by atoms with Gasteiger partial charge in [-0.1, -0.05) is 11.2 Å². The maximum absolute atomic E-state index is 13.7. The van der Waals surface area contributed by atoms with E-state index in [1.54, 1.807) is 19.2 Å². The van der Waals surface area contributed by atoms with Crippen LogP contribution in [-0.2, 0) is 6.54 Å². The zero-order valence-corrected chi connectivity index (χ0v) is 13.1. The van der Waals surface area contributed by atoms with Crippen molar-refractivity contribution in [1.82, 2.24) is 20.4 Å². The molecule has 3 aromatic rings. The highest BCUT2D eigenvalue weighted by Gasteiger charge is 2.18. The lowest BCUT2D eigenvalue weighted by atomic mass is 10.2. The van der Waals surface area contributed by atoms with Gasteiger partial charge in [0.1, 0.15) is 23.0 Å². The molecule has 128 valence electrons. The highest BCUT2D eigenvalue weighted by molar-refractivity contribution is 5.94. The molecular formula is C16H13F2N5O2. The zero-order chi connectivity index (χ0) is 17.8. The second kappa shape index (κ2) is 7.04. The Kier molecular flexibility index (Phi) is 4.64. The van der Waals surface area contributed by atoms with E-state index in [2.05, 4.69) is 25.8 Å². The van der Waals surface area contributed by atoms with Gasteiger partial charge in [-0.15, -0.1) is 0 Å². The Morgan fingerprint density at radius 3 is 2.72 bits per heavy atom. The third kappa shape index (κ3) is 3.60. The van der Waals surface area contributed by atoms with Gasteiger partial charge in [0.15, 0.2) is 5.82 Å². The van der Waals surface area contributed by atoms with Crippen molar-refractivity contribution < 1.29 is 18.1 Å². The van der Waals surface area contributed by atoms with Crippen LogP contribution in [0.4, 0.5) is 14.6 Å². The number of hydrogen-bond acceptors (Lipinski definition) is 6. The van der Waals surface area contributed by atoms with Crippen LogP contribution in [0, 0.1) is 11.6 Å². The number of anilines is 1. The molecule has 0 aliphatic heterocycles. The van der Waals surface area contributed by atoms with E-state index >= 15 is 0 Å². The van der Waals surface area contributed by atoms with Crippen LogP contribution < -0.4 is 10.6 Å². The van der Waals surface area contributed by atoms with E-state index in [4.69, 9.17) is 4.52 Å². The van der Waals surface area contributed by atoms with Gasteiger partial charge >= 0.3 is 0 Å². The minimum Gasteiger partial charge on any atom is -0.373 e. The maximum Gasteiger partial charge on any atom is 0.263 e. The van der Waals surface area contributed by atoms with Crippen LogP contribution in [0.5, 0.6) is 0 Å². The summed E-state index contributed by atoms with van der Waals surface area (Å²) >= 11 is 0. The SMILES string of the molecule is CNc1cc(C(=O)NCc2noc(-c3c(F)cccc3F)n2)ccn1. The van der Waals surface area contributed by atoms with Gasteiger partial charge < -0.3 is 15.2 Å². The molecule has 1 aromatic carbocycles. The maximum atomic E-state index is 13.7. The van der Waals surface area contributed by atoms with E-state index < -0.39 is 17.2 Å². The second-order valence-electron chi connectivity index (χ2n) is 4.97. The first kappa shape index (κ1) is 16.5. The summed E-state index contributed by atoms with van der Waals surface area (Å²) in [6.07, 6.45) is 1.49. The number of benzene rings is 1. The first-order chi connectivity index (χ1) is 12.1. The van der Waals surface area contributed by atoms with Crippen molar-refractivity contribution >= 4 is 11.7 Å². The third-order valence-electron chi connectivity index (χ3n) is 3.33. The average Bonchev–Trinajstić information content (AvgIpc) is 3.08. The molecule has 0 radical (unpaired) electrons. The zero-order valence-electron chi connectivity index (χ0n) is 13.1. The van der Waals surface area contributed by atoms with Crippen LogP contribution in [0.3, 0.4) is 0 Å². The average molecular weight is 345 g/mol. The number of amides is 1. The quantitative estimate of drug-likeness (QED) is 0.737. The lowest BCUT2D eigenvalue weighted by Gasteiger charge is -2.04. The van der Waals surface area contributed by atoms with E-state index in [1.807, 2.05) is 0 Å². The van der Waals surface area contributed by atoms with Crippen molar-refractivity contribution in [3.63, 3.8) is 0 Å². The molecule has 0 bridgehead atoms. The molecule has 0 atom stereocenters. The van der Waals surface area contributed by atoms with Gasteiger partial charge in [-0.25, -0.2) is 13.8 Å². The Morgan fingerprint density at radius 2 is 2.00 bits per heavy atom. The second-order valence-corrected chi connectivity index (χ2v) is 4.97. The predicted molar refractivity (Wildman–Crippen MR) is 84.6 cm³/mol. The largest absolute Gasteiger partial charge is 0.373 e. The van der Waals surface area contributed by atoms with Gasteiger partial charge in [-0.2, -0.15) is 4.98 Å². The highest BCUT2D eigenvalue weighted by atomic mass is 19.1. The Labute approximate surface area is 141 Å². The smallest absolute Gasteiger partial charge is 0.263 e. The van der Waals surface area contributed by atoms with Gasteiger partial charge in [0.05, 0.1) is 6.54 Å². The normalized spacial score (nSPS) is 10.5. The number of halogens is 2. The van der Waals surface area contributed by atoms with E-state index in [1.165, 1.54) is 12.3 Å². The molecule has 0 aliphatic carbocycles. The topological polar surface area (TPSA) is 92.9 Å². The molecule has 1 amide bonds. The molecule has 0 spiro atoms. The van der Waals surface area contributed by atoms with Crippen molar-refractivity contribution in [2.75, 3.05) is 12.4 Å². The first-order valence-corrected chi connectivity index (χ1v) is 7.27. The molecule has 2 aromatic heterocycles. The Hall–Kier alpha value is -3.36.